The first-order valence-corrected chi connectivity index (χ1v) is 16.5. The normalized spacial score (nSPS) is 11.5. The van der Waals surface area contributed by atoms with E-state index in [1.165, 1.54) is 64.0 Å². The molecule has 0 saturated heterocycles. The maximum atomic E-state index is 2.39. The molecule has 0 fully saturated rings. The van der Waals surface area contributed by atoms with Crippen molar-refractivity contribution >= 4 is 70.1 Å². The summed E-state index contributed by atoms with van der Waals surface area (Å²) in [5, 5.41) is 7.69. The van der Waals surface area contributed by atoms with Gasteiger partial charge in [0.1, 0.15) is 0 Å². The molecule has 1 heterocycles. The molecule has 9 aromatic rings. The van der Waals surface area contributed by atoms with Crippen LogP contribution in [0.5, 0.6) is 0 Å². The maximum Gasteiger partial charge on any atom is 0.0540 e. The van der Waals surface area contributed by atoms with Crippen LogP contribution in [0.4, 0.5) is 17.1 Å². The topological polar surface area (TPSA) is 3.24 Å². The molecule has 0 aliphatic heterocycles. The van der Waals surface area contributed by atoms with Crippen molar-refractivity contribution < 1.29 is 0 Å². The van der Waals surface area contributed by atoms with Gasteiger partial charge in [0.05, 0.1) is 5.69 Å². The molecule has 0 N–H and O–H groups in total. The second-order valence-electron chi connectivity index (χ2n) is 11.8. The fraction of sp³-hybridized carbons (Fsp3) is 0. The maximum absolute atomic E-state index is 2.39. The lowest BCUT2D eigenvalue weighted by Gasteiger charge is -2.28. The van der Waals surface area contributed by atoms with E-state index in [9.17, 15) is 0 Å². The summed E-state index contributed by atoms with van der Waals surface area (Å²) >= 11 is 1.87. The number of thiophene rings is 1. The van der Waals surface area contributed by atoms with Crippen molar-refractivity contribution in [3.05, 3.63) is 176 Å². The van der Waals surface area contributed by atoms with Gasteiger partial charge in [-0.15, -0.1) is 11.3 Å². The van der Waals surface area contributed by atoms with Crippen LogP contribution < -0.4 is 4.90 Å². The summed E-state index contributed by atoms with van der Waals surface area (Å²) in [6.07, 6.45) is 0. The van der Waals surface area contributed by atoms with Crippen LogP contribution in [-0.4, -0.2) is 0 Å². The van der Waals surface area contributed by atoms with Gasteiger partial charge in [-0.25, -0.2) is 0 Å². The van der Waals surface area contributed by atoms with Gasteiger partial charge in [0.2, 0.25) is 0 Å². The first kappa shape index (κ1) is 26.7. The van der Waals surface area contributed by atoms with Crippen molar-refractivity contribution in [3.63, 3.8) is 0 Å². The standard InChI is InChI=1S/C44H29NS/c1-2-11-32(12-3-1)39-14-6-8-16-42(39)45(38-25-22-30-10-4-5-13-33(30)27-38)37-23-20-31(21-24-37)34-18-19-35-28-41-40-15-7-9-17-43(40)46-44(41)29-36(35)26-34/h1-29H. The highest BCUT2D eigenvalue weighted by atomic mass is 32.1. The molecule has 8 aromatic carbocycles. The number of fused-ring (bicyclic) bond motifs is 5. The summed E-state index contributed by atoms with van der Waals surface area (Å²) in [5.41, 5.74) is 8.23. The third-order valence-electron chi connectivity index (χ3n) is 9.02. The highest BCUT2D eigenvalue weighted by Gasteiger charge is 2.18. The summed E-state index contributed by atoms with van der Waals surface area (Å²) in [5.74, 6) is 0. The molecule has 0 saturated carbocycles. The summed E-state index contributed by atoms with van der Waals surface area (Å²) in [6, 6.07) is 64.0. The van der Waals surface area contributed by atoms with Crippen molar-refractivity contribution in [1.82, 2.24) is 0 Å². The van der Waals surface area contributed by atoms with E-state index in [-0.39, 0.29) is 0 Å². The van der Waals surface area contributed by atoms with E-state index in [0.717, 1.165) is 17.1 Å². The zero-order chi connectivity index (χ0) is 30.5. The van der Waals surface area contributed by atoms with E-state index < -0.39 is 0 Å². The lowest BCUT2D eigenvalue weighted by atomic mass is 9.99. The van der Waals surface area contributed by atoms with Crippen LogP contribution in [0.3, 0.4) is 0 Å². The first-order valence-electron chi connectivity index (χ1n) is 15.7. The number of para-hydroxylation sites is 1. The predicted octanol–water partition coefficient (Wildman–Crippen LogP) is 13.2. The van der Waals surface area contributed by atoms with Crippen LogP contribution in [0.15, 0.2) is 176 Å². The summed E-state index contributed by atoms with van der Waals surface area (Å²) < 4.78 is 2.68. The van der Waals surface area contributed by atoms with Crippen LogP contribution >= 0.6 is 11.3 Å². The lowest BCUT2D eigenvalue weighted by molar-refractivity contribution is 1.29. The molecular formula is C44H29NS. The Labute approximate surface area is 272 Å². The Morgan fingerprint density at radius 3 is 1.91 bits per heavy atom. The zero-order valence-corrected chi connectivity index (χ0v) is 25.9. The van der Waals surface area contributed by atoms with Gasteiger partial charge in [0.25, 0.3) is 0 Å². The number of hydrogen-bond acceptors (Lipinski definition) is 2. The molecule has 1 nitrogen and oxygen atoms in total. The second kappa shape index (κ2) is 11.0. The molecule has 1 aromatic heterocycles. The van der Waals surface area contributed by atoms with E-state index in [2.05, 4.69) is 181 Å². The molecule has 0 aliphatic rings. The fourth-order valence-electron chi connectivity index (χ4n) is 6.72. The Hall–Kier alpha value is -5.70. The van der Waals surface area contributed by atoms with E-state index in [0.29, 0.717) is 0 Å². The molecule has 0 spiro atoms. The minimum absolute atomic E-state index is 1.12. The third-order valence-corrected chi connectivity index (χ3v) is 10.1. The Kier molecular flexibility index (Phi) is 6.40. The first-order chi connectivity index (χ1) is 22.8. The average molecular weight is 604 g/mol. The van der Waals surface area contributed by atoms with E-state index >= 15 is 0 Å². The van der Waals surface area contributed by atoms with Crippen molar-refractivity contribution in [3.8, 4) is 22.3 Å². The summed E-state index contributed by atoms with van der Waals surface area (Å²) in [7, 11) is 0. The molecule has 9 rings (SSSR count). The van der Waals surface area contributed by atoms with Crippen LogP contribution in [-0.2, 0) is 0 Å². The lowest BCUT2D eigenvalue weighted by Crippen LogP contribution is -2.11. The molecule has 0 amide bonds. The van der Waals surface area contributed by atoms with Gasteiger partial charge >= 0.3 is 0 Å². The van der Waals surface area contributed by atoms with Crippen LogP contribution in [0.2, 0.25) is 0 Å². The van der Waals surface area contributed by atoms with Crippen molar-refractivity contribution in [2.45, 2.75) is 0 Å². The number of nitrogens with zero attached hydrogens (tertiary/aromatic N) is 1. The minimum atomic E-state index is 1.12. The highest BCUT2D eigenvalue weighted by molar-refractivity contribution is 7.25. The van der Waals surface area contributed by atoms with Crippen molar-refractivity contribution in [2.24, 2.45) is 0 Å². The van der Waals surface area contributed by atoms with Crippen LogP contribution in [0, 0.1) is 0 Å². The molecule has 0 atom stereocenters. The Morgan fingerprint density at radius 1 is 0.348 bits per heavy atom. The fourth-order valence-corrected chi connectivity index (χ4v) is 7.86. The Balaban J connectivity index is 1.15. The average Bonchev–Trinajstić information content (AvgIpc) is 3.48. The Morgan fingerprint density at radius 2 is 1.02 bits per heavy atom. The quantitative estimate of drug-likeness (QED) is 0.189. The molecule has 0 bridgehead atoms. The molecule has 0 unspecified atom stereocenters. The molecular weight excluding hydrogens is 575 g/mol. The molecule has 46 heavy (non-hydrogen) atoms. The van der Waals surface area contributed by atoms with Gasteiger partial charge < -0.3 is 4.90 Å². The third kappa shape index (κ3) is 4.63. The SMILES string of the molecule is c1ccc(-c2ccccc2N(c2ccc(-c3ccc4cc5c(cc4c3)sc3ccccc35)cc2)c2ccc3ccccc3c2)cc1. The monoisotopic (exact) mass is 603 g/mol. The van der Waals surface area contributed by atoms with Gasteiger partial charge in [-0.05, 0) is 92.8 Å². The second-order valence-corrected chi connectivity index (χ2v) is 12.9. The van der Waals surface area contributed by atoms with Crippen molar-refractivity contribution in [1.29, 1.82) is 0 Å². The van der Waals surface area contributed by atoms with Crippen LogP contribution in [0.25, 0.3) is 64.0 Å². The molecule has 0 aliphatic carbocycles. The van der Waals surface area contributed by atoms with Crippen molar-refractivity contribution in [2.75, 3.05) is 4.90 Å². The zero-order valence-electron chi connectivity index (χ0n) is 25.1. The van der Waals surface area contributed by atoms with E-state index in [1.807, 2.05) is 11.3 Å². The summed E-state index contributed by atoms with van der Waals surface area (Å²) in [6.45, 7) is 0. The van der Waals surface area contributed by atoms with Gasteiger partial charge in [-0.1, -0.05) is 121 Å². The number of hydrogen-bond donors (Lipinski definition) is 0. The van der Waals surface area contributed by atoms with Gasteiger partial charge in [-0.3, -0.25) is 0 Å². The summed E-state index contributed by atoms with van der Waals surface area (Å²) in [4.78, 5) is 2.39. The van der Waals surface area contributed by atoms with Gasteiger partial charge in [0, 0.05) is 37.1 Å². The largest absolute Gasteiger partial charge is 0.310 e. The molecule has 0 radical (unpaired) electrons. The minimum Gasteiger partial charge on any atom is -0.310 e. The number of anilines is 3. The smallest absolute Gasteiger partial charge is 0.0540 e. The predicted molar refractivity (Wildman–Crippen MR) is 200 cm³/mol. The Bertz CT molecular complexity index is 2530. The number of benzene rings is 8. The van der Waals surface area contributed by atoms with Gasteiger partial charge in [-0.2, -0.15) is 0 Å². The van der Waals surface area contributed by atoms with E-state index in [4.69, 9.17) is 0 Å². The highest BCUT2D eigenvalue weighted by Crippen LogP contribution is 2.42. The molecule has 216 valence electrons. The van der Waals surface area contributed by atoms with Gasteiger partial charge in [0.15, 0.2) is 0 Å². The van der Waals surface area contributed by atoms with E-state index in [1.54, 1.807) is 0 Å². The van der Waals surface area contributed by atoms with Crippen LogP contribution in [0.1, 0.15) is 0 Å². The number of rotatable bonds is 5. The molecule has 2 heteroatoms.